The third-order valence-corrected chi connectivity index (χ3v) is 3.86. The van der Waals surface area contributed by atoms with Crippen molar-refractivity contribution in [3.8, 4) is 11.5 Å². The molecular weight excluding hydrogens is 286 g/mol. The van der Waals surface area contributed by atoms with Crippen LogP contribution in [0.15, 0.2) is 49.1 Å². The molecular formula is C20H25NO2. The van der Waals surface area contributed by atoms with Gasteiger partial charge in [-0.25, -0.2) is 0 Å². The molecule has 0 aliphatic rings. The predicted octanol–water partition coefficient (Wildman–Crippen LogP) is 4.61. The van der Waals surface area contributed by atoms with Crippen molar-refractivity contribution in [1.29, 1.82) is 0 Å². The molecule has 23 heavy (non-hydrogen) atoms. The smallest absolute Gasteiger partial charge is 0.164 e. The van der Waals surface area contributed by atoms with Crippen LogP contribution in [0, 0.1) is 0 Å². The number of methoxy groups -OCH3 is 2. The Morgan fingerprint density at radius 1 is 1.09 bits per heavy atom. The largest absolute Gasteiger partial charge is 0.493 e. The zero-order valence-electron chi connectivity index (χ0n) is 14.2. The summed E-state index contributed by atoms with van der Waals surface area (Å²) < 4.78 is 11.0. The molecule has 0 saturated carbocycles. The van der Waals surface area contributed by atoms with Crippen LogP contribution >= 0.6 is 0 Å². The summed E-state index contributed by atoms with van der Waals surface area (Å²) in [5.41, 5.74) is 4.74. The molecule has 2 aromatic rings. The quantitative estimate of drug-likeness (QED) is 0.722. The minimum absolute atomic E-state index is 0.738. The van der Waals surface area contributed by atoms with Gasteiger partial charge in [0.25, 0.3) is 0 Å². The third-order valence-electron chi connectivity index (χ3n) is 3.86. The first kappa shape index (κ1) is 16.9. The second-order valence-electron chi connectivity index (χ2n) is 5.35. The van der Waals surface area contributed by atoms with Gasteiger partial charge in [-0.15, -0.1) is 6.58 Å². The lowest BCUT2D eigenvalue weighted by Gasteiger charge is -2.16. The van der Waals surface area contributed by atoms with Crippen LogP contribution in [0.1, 0.15) is 23.6 Å². The Bertz CT molecular complexity index is 665. The number of para-hydroxylation sites is 1. The lowest BCUT2D eigenvalue weighted by molar-refractivity contribution is 0.352. The lowest BCUT2D eigenvalue weighted by Crippen LogP contribution is -2.04. The van der Waals surface area contributed by atoms with Gasteiger partial charge < -0.3 is 14.8 Å². The molecule has 0 aliphatic carbocycles. The van der Waals surface area contributed by atoms with E-state index in [-0.39, 0.29) is 0 Å². The van der Waals surface area contributed by atoms with Gasteiger partial charge >= 0.3 is 0 Å². The maximum atomic E-state index is 5.48. The third kappa shape index (κ3) is 4.07. The number of hydrogen-bond donors (Lipinski definition) is 1. The summed E-state index contributed by atoms with van der Waals surface area (Å²) in [5, 5.41) is 3.52. The molecule has 0 saturated heterocycles. The average molecular weight is 311 g/mol. The highest BCUT2D eigenvalue weighted by Crippen LogP contribution is 2.33. The van der Waals surface area contributed by atoms with Crippen LogP contribution in [0.5, 0.6) is 11.5 Å². The summed E-state index contributed by atoms with van der Waals surface area (Å²) in [5.74, 6) is 1.54. The van der Waals surface area contributed by atoms with E-state index in [0.29, 0.717) is 0 Å². The maximum Gasteiger partial charge on any atom is 0.164 e. The minimum atomic E-state index is 0.738. The van der Waals surface area contributed by atoms with Gasteiger partial charge in [-0.05, 0) is 42.2 Å². The Balaban J connectivity index is 2.25. The van der Waals surface area contributed by atoms with Gasteiger partial charge in [0.05, 0.1) is 14.2 Å². The molecule has 0 aromatic heterocycles. The Morgan fingerprint density at radius 2 is 1.87 bits per heavy atom. The Labute approximate surface area is 138 Å². The second kappa shape index (κ2) is 8.28. The van der Waals surface area contributed by atoms with Crippen LogP contribution in [0.25, 0.3) is 0 Å². The molecule has 0 spiro atoms. The van der Waals surface area contributed by atoms with Crippen molar-refractivity contribution in [2.24, 2.45) is 0 Å². The van der Waals surface area contributed by atoms with Gasteiger partial charge in [0.2, 0.25) is 0 Å². The first-order chi connectivity index (χ1) is 11.2. The average Bonchev–Trinajstić information content (AvgIpc) is 2.59. The zero-order chi connectivity index (χ0) is 16.7. The molecule has 1 N–H and O–H groups in total. The molecule has 122 valence electrons. The van der Waals surface area contributed by atoms with Crippen LogP contribution in [-0.2, 0) is 19.4 Å². The molecule has 0 radical (unpaired) electrons. The summed E-state index contributed by atoms with van der Waals surface area (Å²) >= 11 is 0. The number of benzene rings is 2. The van der Waals surface area contributed by atoms with Crippen LogP contribution in [0.3, 0.4) is 0 Å². The summed E-state index contributed by atoms with van der Waals surface area (Å²) in [4.78, 5) is 0. The number of rotatable bonds is 8. The first-order valence-corrected chi connectivity index (χ1v) is 7.89. The number of allylic oxidation sites excluding steroid dienone is 1. The SMILES string of the molecule is C=CCc1cc(CNc2ccccc2CC)cc(OC)c1OC. The lowest BCUT2D eigenvalue weighted by atomic mass is 10.0. The summed E-state index contributed by atoms with van der Waals surface area (Å²) in [6.45, 7) is 6.72. The van der Waals surface area contributed by atoms with E-state index in [2.05, 4.69) is 49.2 Å². The van der Waals surface area contributed by atoms with Gasteiger partial charge in [-0.2, -0.15) is 0 Å². The van der Waals surface area contributed by atoms with Crippen LogP contribution in [-0.4, -0.2) is 14.2 Å². The molecule has 0 atom stereocenters. The minimum Gasteiger partial charge on any atom is -0.493 e. The van der Waals surface area contributed by atoms with E-state index in [1.807, 2.05) is 12.1 Å². The van der Waals surface area contributed by atoms with E-state index >= 15 is 0 Å². The molecule has 0 amide bonds. The maximum absolute atomic E-state index is 5.48. The fraction of sp³-hybridized carbons (Fsp3) is 0.300. The van der Waals surface area contributed by atoms with Gasteiger partial charge in [-0.3, -0.25) is 0 Å². The van der Waals surface area contributed by atoms with Crippen molar-refractivity contribution in [3.63, 3.8) is 0 Å². The van der Waals surface area contributed by atoms with Crippen molar-refractivity contribution >= 4 is 5.69 Å². The van der Waals surface area contributed by atoms with E-state index in [1.165, 1.54) is 11.3 Å². The fourth-order valence-corrected chi connectivity index (χ4v) is 2.71. The van der Waals surface area contributed by atoms with Crippen molar-refractivity contribution < 1.29 is 9.47 Å². The Hall–Kier alpha value is -2.42. The molecule has 0 bridgehead atoms. The highest BCUT2D eigenvalue weighted by Gasteiger charge is 2.11. The molecule has 0 unspecified atom stereocenters. The van der Waals surface area contributed by atoms with Gasteiger partial charge in [0.15, 0.2) is 11.5 Å². The van der Waals surface area contributed by atoms with Gasteiger partial charge in [-0.1, -0.05) is 31.2 Å². The highest BCUT2D eigenvalue weighted by molar-refractivity contribution is 5.54. The molecule has 2 aromatic carbocycles. The Morgan fingerprint density at radius 3 is 2.52 bits per heavy atom. The topological polar surface area (TPSA) is 30.5 Å². The van der Waals surface area contributed by atoms with Gasteiger partial charge in [0.1, 0.15) is 0 Å². The molecule has 3 heteroatoms. The van der Waals surface area contributed by atoms with Crippen molar-refractivity contribution in [2.45, 2.75) is 26.3 Å². The number of aryl methyl sites for hydroxylation is 1. The standard InChI is InChI=1S/C20H25NO2/c1-5-9-17-12-15(13-19(22-3)20(17)23-4)14-21-18-11-8-7-10-16(18)6-2/h5,7-8,10-13,21H,1,6,9,14H2,2-4H3. The van der Waals surface area contributed by atoms with E-state index in [0.717, 1.165) is 42.0 Å². The van der Waals surface area contributed by atoms with Crippen LogP contribution < -0.4 is 14.8 Å². The van der Waals surface area contributed by atoms with Crippen LogP contribution in [0.2, 0.25) is 0 Å². The van der Waals surface area contributed by atoms with E-state index < -0.39 is 0 Å². The monoisotopic (exact) mass is 311 g/mol. The van der Waals surface area contributed by atoms with Crippen molar-refractivity contribution in [3.05, 3.63) is 65.7 Å². The summed E-state index contributed by atoms with van der Waals surface area (Å²) in [6.07, 6.45) is 3.64. The molecule has 2 rings (SSSR count). The van der Waals surface area contributed by atoms with Crippen molar-refractivity contribution in [1.82, 2.24) is 0 Å². The van der Waals surface area contributed by atoms with Crippen LogP contribution in [0.4, 0.5) is 5.69 Å². The molecule has 0 heterocycles. The highest BCUT2D eigenvalue weighted by atomic mass is 16.5. The predicted molar refractivity (Wildman–Crippen MR) is 96.6 cm³/mol. The molecule has 3 nitrogen and oxygen atoms in total. The number of hydrogen-bond acceptors (Lipinski definition) is 3. The number of ether oxygens (including phenoxy) is 2. The summed E-state index contributed by atoms with van der Waals surface area (Å²) in [6, 6.07) is 12.6. The van der Waals surface area contributed by atoms with E-state index in [9.17, 15) is 0 Å². The number of nitrogens with one attached hydrogen (secondary N) is 1. The van der Waals surface area contributed by atoms with Crippen molar-refractivity contribution in [2.75, 3.05) is 19.5 Å². The second-order valence-corrected chi connectivity index (χ2v) is 5.35. The normalized spacial score (nSPS) is 10.2. The molecule has 0 fully saturated rings. The summed E-state index contributed by atoms with van der Waals surface area (Å²) in [7, 11) is 3.33. The fourth-order valence-electron chi connectivity index (χ4n) is 2.71. The zero-order valence-corrected chi connectivity index (χ0v) is 14.2. The van der Waals surface area contributed by atoms with E-state index in [4.69, 9.17) is 9.47 Å². The Kier molecular flexibility index (Phi) is 6.10. The van der Waals surface area contributed by atoms with E-state index in [1.54, 1.807) is 14.2 Å². The molecule has 0 aliphatic heterocycles. The number of anilines is 1. The first-order valence-electron chi connectivity index (χ1n) is 7.89. The van der Waals surface area contributed by atoms with Gasteiger partial charge in [0, 0.05) is 17.8 Å².